The van der Waals surface area contributed by atoms with E-state index in [0.29, 0.717) is 18.9 Å². The lowest BCUT2D eigenvalue weighted by atomic mass is 9.94. The van der Waals surface area contributed by atoms with Gasteiger partial charge in [0.25, 0.3) is 0 Å². The molecule has 0 heterocycles. The summed E-state index contributed by atoms with van der Waals surface area (Å²) in [5.41, 5.74) is 2.25. The molecule has 0 fully saturated rings. The third-order valence-corrected chi connectivity index (χ3v) is 6.01. The molecule has 0 radical (unpaired) electrons. The van der Waals surface area contributed by atoms with Crippen molar-refractivity contribution in [3.05, 3.63) is 35.4 Å². The van der Waals surface area contributed by atoms with Crippen molar-refractivity contribution in [3.63, 3.8) is 0 Å². The van der Waals surface area contributed by atoms with Crippen LogP contribution >= 0.6 is 0 Å². The molecule has 29 heavy (non-hydrogen) atoms. The Morgan fingerprint density at radius 2 is 1.31 bits per heavy atom. The third-order valence-electron chi connectivity index (χ3n) is 6.01. The van der Waals surface area contributed by atoms with Crippen LogP contribution < -0.4 is 0 Å². The van der Waals surface area contributed by atoms with Crippen LogP contribution in [0.2, 0.25) is 0 Å². The fourth-order valence-electron chi connectivity index (χ4n) is 3.96. The van der Waals surface area contributed by atoms with E-state index in [1.54, 1.807) is 0 Å². The first-order chi connectivity index (χ1) is 14.2. The molecule has 0 atom stereocenters. The van der Waals surface area contributed by atoms with Crippen molar-refractivity contribution in [3.8, 4) is 0 Å². The highest BCUT2D eigenvalue weighted by Gasteiger charge is 2.13. The number of ether oxygens (including phenoxy) is 1. The predicted octanol–water partition coefficient (Wildman–Crippen LogP) is 8.20. The van der Waals surface area contributed by atoms with Gasteiger partial charge >= 0.3 is 5.97 Å². The molecule has 0 amide bonds. The van der Waals surface area contributed by atoms with Crippen LogP contribution in [0.3, 0.4) is 0 Å². The minimum Gasteiger partial charge on any atom is -0.465 e. The highest BCUT2D eigenvalue weighted by atomic mass is 16.5. The van der Waals surface area contributed by atoms with E-state index in [1.807, 2.05) is 18.2 Å². The molecule has 0 aliphatic carbocycles. The van der Waals surface area contributed by atoms with E-state index in [-0.39, 0.29) is 5.97 Å². The van der Waals surface area contributed by atoms with Gasteiger partial charge in [-0.15, -0.1) is 0 Å². The first-order valence-electron chi connectivity index (χ1n) is 12.4. The summed E-state index contributed by atoms with van der Waals surface area (Å²) in [4.78, 5) is 12.3. The molecule has 0 aliphatic rings. The summed E-state index contributed by atoms with van der Waals surface area (Å²) in [5, 5.41) is 0. The second-order valence-electron chi connectivity index (χ2n) is 8.77. The van der Waals surface area contributed by atoms with Crippen LogP contribution in [0.5, 0.6) is 0 Å². The van der Waals surface area contributed by atoms with Crippen LogP contribution in [0.1, 0.15) is 115 Å². The van der Waals surface area contributed by atoms with Crippen LogP contribution in [0.4, 0.5) is 0 Å². The molecule has 0 saturated heterocycles. The quantitative estimate of drug-likeness (QED) is 0.183. The number of aryl methyl sites for hydroxylation is 1. The summed E-state index contributed by atoms with van der Waals surface area (Å²) in [6.45, 7) is 7.20. The second kappa shape index (κ2) is 17.5. The molecule has 0 N–H and O–H groups in total. The minimum atomic E-state index is -0.0739. The fraction of sp³-hybridized carbons (Fsp3) is 0.741. The lowest BCUT2D eigenvalue weighted by molar-refractivity contribution is -0.144. The van der Waals surface area contributed by atoms with Crippen LogP contribution in [0.15, 0.2) is 24.3 Å². The summed E-state index contributed by atoms with van der Waals surface area (Å²) in [6, 6.07) is 8.10. The smallest absolute Gasteiger partial charge is 0.310 e. The van der Waals surface area contributed by atoms with E-state index in [4.69, 9.17) is 4.74 Å². The number of benzene rings is 1. The number of hydrogen-bond donors (Lipinski definition) is 0. The Balaban J connectivity index is 2.34. The zero-order valence-corrected chi connectivity index (χ0v) is 19.5. The second-order valence-corrected chi connectivity index (χ2v) is 8.77. The van der Waals surface area contributed by atoms with Crippen molar-refractivity contribution in [1.82, 2.24) is 0 Å². The van der Waals surface area contributed by atoms with Crippen molar-refractivity contribution >= 4 is 5.97 Å². The first kappa shape index (κ1) is 25.7. The molecule has 1 aromatic rings. The maximum absolute atomic E-state index is 12.3. The van der Waals surface area contributed by atoms with Crippen LogP contribution in [0, 0.1) is 12.8 Å². The lowest BCUT2D eigenvalue weighted by Crippen LogP contribution is -2.16. The summed E-state index contributed by atoms with van der Waals surface area (Å²) >= 11 is 0. The van der Waals surface area contributed by atoms with Gasteiger partial charge in [-0.25, -0.2) is 0 Å². The largest absolute Gasteiger partial charge is 0.465 e. The number of carbonyl (C=O) groups is 1. The fourth-order valence-corrected chi connectivity index (χ4v) is 3.96. The number of hydrogen-bond acceptors (Lipinski definition) is 2. The van der Waals surface area contributed by atoms with E-state index < -0.39 is 0 Å². The lowest BCUT2D eigenvalue weighted by Gasteiger charge is -2.17. The molecule has 166 valence electrons. The summed E-state index contributed by atoms with van der Waals surface area (Å²) < 4.78 is 5.72. The Bertz CT molecular complexity index is 507. The van der Waals surface area contributed by atoms with E-state index in [9.17, 15) is 4.79 Å². The van der Waals surface area contributed by atoms with Crippen molar-refractivity contribution in [2.75, 3.05) is 6.61 Å². The zero-order chi connectivity index (χ0) is 21.2. The van der Waals surface area contributed by atoms with E-state index >= 15 is 0 Å². The van der Waals surface area contributed by atoms with E-state index in [2.05, 4.69) is 26.8 Å². The van der Waals surface area contributed by atoms with E-state index in [1.165, 1.54) is 95.5 Å². The average Bonchev–Trinajstić information content (AvgIpc) is 2.72. The number of carbonyl (C=O) groups excluding carboxylic acids is 1. The molecule has 0 bridgehead atoms. The Morgan fingerprint density at radius 1 is 0.793 bits per heavy atom. The average molecular weight is 403 g/mol. The Morgan fingerprint density at radius 3 is 1.86 bits per heavy atom. The van der Waals surface area contributed by atoms with Crippen LogP contribution in [-0.4, -0.2) is 12.6 Å². The standard InChI is InChI=1S/C27H46O2/c1-4-6-8-10-12-14-19-25(20-15-13-11-9-7-5-2)23-29-27(28)22-26-21-17-16-18-24(26)3/h16-18,21,25H,4-15,19-20,22-23H2,1-3H3. The number of rotatable bonds is 18. The molecule has 0 unspecified atom stereocenters. The van der Waals surface area contributed by atoms with Gasteiger partial charge in [0, 0.05) is 0 Å². The predicted molar refractivity (Wildman–Crippen MR) is 125 cm³/mol. The van der Waals surface area contributed by atoms with Crippen molar-refractivity contribution in [1.29, 1.82) is 0 Å². The van der Waals surface area contributed by atoms with Gasteiger partial charge in [-0.3, -0.25) is 4.79 Å². The van der Waals surface area contributed by atoms with Gasteiger partial charge in [0.15, 0.2) is 0 Å². The maximum Gasteiger partial charge on any atom is 0.310 e. The van der Waals surface area contributed by atoms with Gasteiger partial charge in [0.05, 0.1) is 13.0 Å². The molecule has 0 aliphatic heterocycles. The highest BCUT2D eigenvalue weighted by molar-refractivity contribution is 5.73. The highest BCUT2D eigenvalue weighted by Crippen LogP contribution is 2.20. The normalized spacial score (nSPS) is 11.2. The molecule has 2 nitrogen and oxygen atoms in total. The van der Waals surface area contributed by atoms with Gasteiger partial charge in [0.2, 0.25) is 0 Å². The van der Waals surface area contributed by atoms with Crippen LogP contribution in [-0.2, 0) is 16.0 Å². The van der Waals surface area contributed by atoms with Gasteiger partial charge < -0.3 is 4.74 Å². The van der Waals surface area contributed by atoms with Crippen molar-refractivity contribution in [2.45, 2.75) is 117 Å². The van der Waals surface area contributed by atoms with Crippen LogP contribution in [0.25, 0.3) is 0 Å². The van der Waals surface area contributed by atoms with Gasteiger partial charge in [-0.2, -0.15) is 0 Å². The summed E-state index contributed by atoms with van der Waals surface area (Å²) in [6.07, 6.45) is 18.8. The zero-order valence-electron chi connectivity index (χ0n) is 19.5. The van der Waals surface area contributed by atoms with Crippen molar-refractivity contribution < 1.29 is 9.53 Å². The molecule has 1 aromatic carbocycles. The Hall–Kier alpha value is -1.31. The molecular formula is C27H46O2. The monoisotopic (exact) mass is 402 g/mol. The molecule has 2 heteroatoms. The Labute approximate surface area is 180 Å². The molecule has 1 rings (SSSR count). The number of esters is 1. The molecule has 0 spiro atoms. The minimum absolute atomic E-state index is 0.0739. The molecule has 0 saturated carbocycles. The SMILES string of the molecule is CCCCCCCCC(CCCCCCCC)COC(=O)Cc1ccccc1C. The van der Waals surface area contributed by atoms with Gasteiger partial charge in [-0.05, 0) is 36.8 Å². The maximum atomic E-state index is 12.3. The molecule has 0 aromatic heterocycles. The first-order valence-corrected chi connectivity index (χ1v) is 12.4. The summed E-state index contributed by atoms with van der Waals surface area (Å²) in [5.74, 6) is 0.461. The number of unbranched alkanes of at least 4 members (excludes halogenated alkanes) is 10. The van der Waals surface area contributed by atoms with E-state index in [0.717, 1.165) is 5.56 Å². The van der Waals surface area contributed by atoms with Gasteiger partial charge in [0.1, 0.15) is 0 Å². The van der Waals surface area contributed by atoms with Crippen molar-refractivity contribution in [2.24, 2.45) is 5.92 Å². The summed E-state index contributed by atoms with van der Waals surface area (Å²) in [7, 11) is 0. The topological polar surface area (TPSA) is 26.3 Å². The molecular weight excluding hydrogens is 356 g/mol. The third kappa shape index (κ3) is 13.5. The van der Waals surface area contributed by atoms with Gasteiger partial charge in [-0.1, -0.05) is 115 Å². The Kier molecular flexibility index (Phi) is 15.6.